The standard InChI is InChI=1S/C28H31N3O6S/c29-16-21-7-4-8-24(15-21)30-27(32)26(31-28(33)37-17-20-5-2-1-3-6-20)23-9-11-25(12-10-23)36-18-22-13-14-38(34,35)19-22/h1-12,15,22,26H,13-14,16-19,29H2,(H,30,32)(H,31,33)/t22-,26+/m1/s1. The van der Waals surface area contributed by atoms with Crippen LogP contribution in [0.3, 0.4) is 0 Å². The highest BCUT2D eigenvalue weighted by Gasteiger charge is 2.28. The Kier molecular flexibility index (Phi) is 8.98. The zero-order valence-corrected chi connectivity index (χ0v) is 21.7. The normalized spacial score (nSPS) is 16.8. The van der Waals surface area contributed by atoms with Crippen molar-refractivity contribution in [1.82, 2.24) is 5.32 Å². The lowest BCUT2D eigenvalue weighted by Gasteiger charge is -2.20. The number of hydrogen-bond donors (Lipinski definition) is 3. The van der Waals surface area contributed by atoms with Crippen molar-refractivity contribution in [3.05, 3.63) is 95.6 Å². The summed E-state index contributed by atoms with van der Waals surface area (Å²) in [5.74, 6) is 0.369. The monoisotopic (exact) mass is 537 g/mol. The fourth-order valence-electron chi connectivity index (χ4n) is 4.15. The number of benzene rings is 3. The molecule has 0 radical (unpaired) electrons. The van der Waals surface area contributed by atoms with Crippen molar-refractivity contribution in [1.29, 1.82) is 0 Å². The molecule has 1 saturated heterocycles. The quantitative estimate of drug-likeness (QED) is 0.360. The van der Waals surface area contributed by atoms with E-state index in [0.29, 0.717) is 36.6 Å². The van der Waals surface area contributed by atoms with Crippen molar-refractivity contribution >= 4 is 27.5 Å². The van der Waals surface area contributed by atoms with Crippen LogP contribution in [0.15, 0.2) is 78.9 Å². The van der Waals surface area contributed by atoms with Gasteiger partial charge in [0.15, 0.2) is 9.84 Å². The van der Waals surface area contributed by atoms with Crippen LogP contribution in [0.4, 0.5) is 10.5 Å². The Balaban J connectivity index is 1.44. The lowest BCUT2D eigenvalue weighted by atomic mass is 10.1. The van der Waals surface area contributed by atoms with E-state index in [1.54, 1.807) is 42.5 Å². The van der Waals surface area contributed by atoms with Crippen molar-refractivity contribution < 1.29 is 27.5 Å². The Labute approximate surface area is 222 Å². The molecule has 3 aromatic rings. The van der Waals surface area contributed by atoms with Crippen molar-refractivity contribution in [3.8, 4) is 5.75 Å². The molecule has 1 aliphatic heterocycles. The maximum Gasteiger partial charge on any atom is 0.408 e. The molecular formula is C28H31N3O6S. The molecule has 10 heteroatoms. The number of alkyl carbamates (subject to hydrolysis) is 1. The summed E-state index contributed by atoms with van der Waals surface area (Å²) in [6, 6.07) is 22.1. The Bertz CT molecular complexity index is 1350. The number of carbonyl (C=O) groups excluding carboxylic acids is 2. The molecular weight excluding hydrogens is 506 g/mol. The van der Waals surface area contributed by atoms with E-state index < -0.39 is 27.9 Å². The lowest BCUT2D eigenvalue weighted by Crippen LogP contribution is -2.37. The minimum atomic E-state index is -2.98. The van der Waals surface area contributed by atoms with Gasteiger partial charge in [0.25, 0.3) is 5.91 Å². The van der Waals surface area contributed by atoms with E-state index >= 15 is 0 Å². The van der Waals surface area contributed by atoms with Crippen LogP contribution in [0.5, 0.6) is 5.75 Å². The van der Waals surface area contributed by atoms with E-state index in [-0.39, 0.29) is 24.0 Å². The summed E-state index contributed by atoms with van der Waals surface area (Å²) in [6.45, 7) is 0.679. The Hall–Kier alpha value is -3.89. The van der Waals surface area contributed by atoms with Gasteiger partial charge in [-0.25, -0.2) is 13.2 Å². The first-order valence-corrected chi connectivity index (χ1v) is 14.1. The van der Waals surface area contributed by atoms with Gasteiger partial charge in [-0.2, -0.15) is 0 Å². The second kappa shape index (κ2) is 12.6. The van der Waals surface area contributed by atoms with Gasteiger partial charge in [-0.3, -0.25) is 4.79 Å². The van der Waals surface area contributed by atoms with Gasteiger partial charge < -0.3 is 25.8 Å². The van der Waals surface area contributed by atoms with Crippen molar-refractivity contribution in [2.45, 2.75) is 25.6 Å². The van der Waals surface area contributed by atoms with Gasteiger partial charge in [0, 0.05) is 18.2 Å². The Morgan fingerprint density at radius 1 is 0.974 bits per heavy atom. The van der Waals surface area contributed by atoms with E-state index in [2.05, 4.69) is 10.6 Å². The summed E-state index contributed by atoms with van der Waals surface area (Å²) >= 11 is 0. The maximum atomic E-state index is 13.3. The molecule has 1 heterocycles. The molecule has 4 rings (SSSR count). The summed E-state index contributed by atoms with van der Waals surface area (Å²) in [6.07, 6.45) is -0.157. The molecule has 2 atom stereocenters. The number of ether oxygens (including phenoxy) is 2. The molecule has 0 unspecified atom stereocenters. The van der Waals surface area contributed by atoms with Crippen LogP contribution in [0, 0.1) is 5.92 Å². The zero-order valence-electron chi connectivity index (χ0n) is 20.8. The first-order chi connectivity index (χ1) is 18.3. The molecule has 0 spiro atoms. The molecule has 0 saturated carbocycles. The number of rotatable bonds is 10. The van der Waals surface area contributed by atoms with E-state index in [9.17, 15) is 18.0 Å². The Morgan fingerprint density at radius 3 is 2.39 bits per heavy atom. The van der Waals surface area contributed by atoms with Crippen LogP contribution in [0.1, 0.15) is 29.2 Å². The van der Waals surface area contributed by atoms with Crippen LogP contribution in [0.25, 0.3) is 0 Å². The van der Waals surface area contributed by atoms with Gasteiger partial charge in [0.05, 0.1) is 18.1 Å². The third-order valence-electron chi connectivity index (χ3n) is 6.19. The average molecular weight is 538 g/mol. The highest BCUT2D eigenvalue weighted by atomic mass is 32.2. The van der Waals surface area contributed by atoms with E-state index in [0.717, 1.165) is 11.1 Å². The smallest absolute Gasteiger partial charge is 0.408 e. The van der Waals surface area contributed by atoms with Crippen LogP contribution in [-0.2, 0) is 32.5 Å². The van der Waals surface area contributed by atoms with Crippen LogP contribution >= 0.6 is 0 Å². The van der Waals surface area contributed by atoms with Crippen molar-refractivity contribution in [2.75, 3.05) is 23.4 Å². The number of anilines is 1. The second-order valence-electron chi connectivity index (χ2n) is 9.18. The largest absolute Gasteiger partial charge is 0.493 e. The summed E-state index contributed by atoms with van der Waals surface area (Å²) in [4.78, 5) is 25.9. The van der Waals surface area contributed by atoms with E-state index in [1.807, 2.05) is 36.4 Å². The molecule has 0 bridgehead atoms. The number of carbonyl (C=O) groups is 2. The molecule has 0 aromatic heterocycles. The number of amides is 2. The van der Waals surface area contributed by atoms with Gasteiger partial charge in [-0.05, 0) is 47.4 Å². The maximum absolute atomic E-state index is 13.3. The molecule has 1 aliphatic rings. The second-order valence-corrected chi connectivity index (χ2v) is 11.4. The van der Waals surface area contributed by atoms with Gasteiger partial charge in [0.2, 0.25) is 0 Å². The predicted octanol–water partition coefficient (Wildman–Crippen LogP) is 3.57. The predicted molar refractivity (Wildman–Crippen MR) is 144 cm³/mol. The van der Waals surface area contributed by atoms with Crippen molar-refractivity contribution in [2.24, 2.45) is 11.7 Å². The molecule has 3 aromatic carbocycles. The van der Waals surface area contributed by atoms with E-state index in [1.165, 1.54) is 0 Å². The third-order valence-corrected chi connectivity index (χ3v) is 8.03. The lowest BCUT2D eigenvalue weighted by molar-refractivity contribution is -0.118. The Morgan fingerprint density at radius 2 is 1.71 bits per heavy atom. The summed E-state index contributed by atoms with van der Waals surface area (Å²) < 4.78 is 34.5. The molecule has 4 N–H and O–H groups in total. The number of nitrogens with one attached hydrogen (secondary N) is 2. The SMILES string of the molecule is NCc1cccc(NC(=O)[C@@H](NC(=O)OCc2ccccc2)c2ccc(OC[C@H]3CCS(=O)(=O)C3)cc2)c1. The number of sulfone groups is 1. The summed E-state index contributed by atoms with van der Waals surface area (Å²) in [5.41, 5.74) is 8.45. The number of nitrogens with two attached hydrogens (primary N) is 1. The van der Waals surface area contributed by atoms with Crippen LogP contribution in [-0.4, -0.2) is 38.5 Å². The van der Waals surface area contributed by atoms with E-state index in [4.69, 9.17) is 15.2 Å². The van der Waals surface area contributed by atoms with Gasteiger partial charge in [-0.1, -0.05) is 54.6 Å². The fourth-order valence-corrected chi connectivity index (χ4v) is 5.99. The minimum Gasteiger partial charge on any atom is -0.493 e. The summed E-state index contributed by atoms with van der Waals surface area (Å²) in [7, 11) is -2.98. The first kappa shape index (κ1) is 27.2. The van der Waals surface area contributed by atoms with Crippen LogP contribution < -0.4 is 21.1 Å². The average Bonchev–Trinajstić information content (AvgIpc) is 3.28. The third kappa shape index (κ3) is 7.80. The highest BCUT2D eigenvalue weighted by molar-refractivity contribution is 7.91. The van der Waals surface area contributed by atoms with Gasteiger partial charge in [-0.15, -0.1) is 0 Å². The zero-order chi connectivity index (χ0) is 27.0. The molecule has 2 amide bonds. The molecule has 200 valence electrons. The number of hydrogen-bond acceptors (Lipinski definition) is 7. The van der Waals surface area contributed by atoms with Crippen molar-refractivity contribution in [3.63, 3.8) is 0 Å². The molecule has 9 nitrogen and oxygen atoms in total. The van der Waals surface area contributed by atoms with Gasteiger partial charge >= 0.3 is 6.09 Å². The minimum absolute atomic E-state index is 0.0384. The van der Waals surface area contributed by atoms with Gasteiger partial charge in [0.1, 0.15) is 18.4 Å². The highest BCUT2D eigenvalue weighted by Crippen LogP contribution is 2.23. The van der Waals surface area contributed by atoms with Crippen LogP contribution in [0.2, 0.25) is 0 Å². The molecule has 0 aliphatic carbocycles. The first-order valence-electron chi connectivity index (χ1n) is 12.3. The summed E-state index contributed by atoms with van der Waals surface area (Å²) in [5, 5.41) is 5.48. The molecule has 38 heavy (non-hydrogen) atoms. The molecule has 1 fully saturated rings. The fraction of sp³-hybridized carbons (Fsp3) is 0.286. The topological polar surface area (TPSA) is 137 Å².